The second-order valence-corrected chi connectivity index (χ2v) is 7.68. The van der Waals surface area contributed by atoms with Crippen molar-refractivity contribution in [3.8, 4) is 0 Å². The fourth-order valence-electron chi connectivity index (χ4n) is 2.65. The van der Waals surface area contributed by atoms with Crippen molar-refractivity contribution in [2.24, 2.45) is 5.73 Å². The number of nitrogens with zero attached hydrogens (tertiary/aromatic N) is 5. The Morgan fingerprint density at radius 2 is 1.85 bits per heavy atom. The van der Waals surface area contributed by atoms with Crippen molar-refractivity contribution in [2.75, 3.05) is 26.2 Å². The SMILES string of the molecule is NCc1nc(CN2CCN(S(=O)(=O)c3ccc([N+](=O)[O-])cc3)CC2)no1. The molecule has 11 nitrogen and oxygen atoms in total. The van der Waals surface area contributed by atoms with E-state index in [1.165, 1.54) is 28.6 Å². The molecule has 3 rings (SSSR count). The maximum Gasteiger partial charge on any atom is 0.269 e. The molecule has 0 aliphatic carbocycles. The quantitative estimate of drug-likeness (QED) is 0.535. The normalized spacial score (nSPS) is 16.7. The van der Waals surface area contributed by atoms with Gasteiger partial charge in [0, 0.05) is 38.3 Å². The Morgan fingerprint density at radius 1 is 1.19 bits per heavy atom. The highest BCUT2D eigenvalue weighted by Crippen LogP contribution is 2.21. The van der Waals surface area contributed by atoms with E-state index in [0.717, 1.165) is 0 Å². The Bertz CT molecular complexity index is 873. The lowest BCUT2D eigenvalue weighted by Crippen LogP contribution is -2.48. The summed E-state index contributed by atoms with van der Waals surface area (Å²) < 4.78 is 31.6. The first kappa shape index (κ1) is 18.4. The number of hydrogen-bond acceptors (Lipinski definition) is 9. The van der Waals surface area contributed by atoms with E-state index in [0.29, 0.717) is 44.4 Å². The minimum absolute atomic E-state index is 0.0438. The number of piperazine rings is 1. The lowest BCUT2D eigenvalue weighted by Gasteiger charge is -2.33. The van der Waals surface area contributed by atoms with Crippen LogP contribution in [0, 0.1) is 10.1 Å². The molecule has 140 valence electrons. The van der Waals surface area contributed by atoms with Crippen molar-refractivity contribution in [1.29, 1.82) is 0 Å². The summed E-state index contributed by atoms with van der Waals surface area (Å²) in [5.41, 5.74) is 5.28. The highest BCUT2D eigenvalue weighted by Gasteiger charge is 2.29. The summed E-state index contributed by atoms with van der Waals surface area (Å²) in [5.74, 6) is 0.872. The van der Waals surface area contributed by atoms with Gasteiger partial charge in [0.25, 0.3) is 5.69 Å². The van der Waals surface area contributed by atoms with E-state index in [9.17, 15) is 18.5 Å². The van der Waals surface area contributed by atoms with Crippen LogP contribution in [0.5, 0.6) is 0 Å². The first-order chi connectivity index (χ1) is 12.4. The Morgan fingerprint density at radius 3 is 2.38 bits per heavy atom. The topological polar surface area (TPSA) is 149 Å². The predicted octanol–water partition coefficient (Wildman–Crippen LogP) is -0.0570. The molecule has 0 spiro atoms. The molecule has 0 bridgehead atoms. The van der Waals surface area contributed by atoms with Gasteiger partial charge in [-0.25, -0.2) is 8.42 Å². The third-order valence-electron chi connectivity index (χ3n) is 4.07. The van der Waals surface area contributed by atoms with Gasteiger partial charge in [0.2, 0.25) is 15.9 Å². The minimum Gasteiger partial charge on any atom is -0.338 e. The molecule has 1 saturated heterocycles. The smallest absolute Gasteiger partial charge is 0.269 e. The molecule has 1 aliphatic heterocycles. The summed E-state index contributed by atoms with van der Waals surface area (Å²) in [6, 6.07) is 4.89. The number of nitro benzene ring substituents is 1. The van der Waals surface area contributed by atoms with Crippen LogP contribution in [-0.2, 0) is 23.1 Å². The fraction of sp³-hybridized carbons (Fsp3) is 0.429. The Kier molecular flexibility index (Phi) is 5.27. The molecule has 0 radical (unpaired) electrons. The highest BCUT2D eigenvalue weighted by atomic mass is 32.2. The van der Waals surface area contributed by atoms with Gasteiger partial charge >= 0.3 is 0 Å². The van der Waals surface area contributed by atoms with E-state index < -0.39 is 14.9 Å². The molecule has 12 heteroatoms. The van der Waals surface area contributed by atoms with Crippen molar-refractivity contribution in [3.05, 3.63) is 46.1 Å². The molecule has 2 aromatic rings. The minimum atomic E-state index is -3.68. The Labute approximate surface area is 149 Å². The van der Waals surface area contributed by atoms with Crippen LogP contribution in [0.25, 0.3) is 0 Å². The molecule has 1 aromatic heterocycles. The Balaban J connectivity index is 1.61. The molecule has 1 aromatic carbocycles. The summed E-state index contributed by atoms with van der Waals surface area (Å²) in [6.45, 7) is 2.27. The first-order valence-corrected chi connectivity index (χ1v) is 9.32. The van der Waals surface area contributed by atoms with Gasteiger partial charge in [-0.15, -0.1) is 0 Å². The summed E-state index contributed by atoms with van der Waals surface area (Å²) in [7, 11) is -3.68. The maximum absolute atomic E-state index is 12.7. The molecule has 0 saturated carbocycles. The van der Waals surface area contributed by atoms with Crippen LogP contribution in [-0.4, -0.2) is 58.9 Å². The van der Waals surface area contributed by atoms with Crippen molar-refractivity contribution in [3.63, 3.8) is 0 Å². The molecular formula is C14H18N6O5S. The number of hydrogen-bond donors (Lipinski definition) is 1. The number of nitro groups is 1. The standard InChI is InChI=1S/C14H18N6O5S/c15-9-14-16-13(17-25-14)10-18-5-7-19(8-6-18)26(23,24)12-3-1-11(2-4-12)20(21)22/h1-4H,5-10,15H2. The second kappa shape index (κ2) is 7.45. The van der Waals surface area contributed by atoms with Gasteiger partial charge in [0.05, 0.1) is 22.9 Å². The van der Waals surface area contributed by atoms with E-state index >= 15 is 0 Å². The summed E-state index contributed by atoms with van der Waals surface area (Å²) in [5, 5.41) is 14.5. The number of nitrogens with two attached hydrogens (primary N) is 1. The van der Waals surface area contributed by atoms with Crippen LogP contribution in [0.4, 0.5) is 5.69 Å². The molecule has 0 atom stereocenters. The summed E-state index contributed by atoms with van der Waals surface area (Å²) in [6.07, 6.45) is 0. The van der Waals surface area contributed by atoms with E-state index in [2.05, 4.69) is 10.1 Å². The van der Waals surface area contributed by atoms with Crippen LogP contribution < -0.4 is 5.73 Å². The third kappa shape index (κ3) is 3.88. The number of sulfonamides is 1. The lowest BCUT2D eigenvalue weighted by molar-refractivity contribution is -0.384. The molecule has 2 heterocycles. The number of aromatic nitrogens is 2. The second-order valence-electron chi connectivity index (χ2n) is 5.74. The average molecular weight is 382 g/mol. The van der Waals surface area contributed by atoms with Crippen LogP contribution in [0.15, 0.2) is 33.7 Å². The van der Waals surface area contributed by atoms with Gasteiger partial charge < -0.3 is 10.3 Å². The Hall–Kier alpha value is -2.41. The molecular weight excluding hydrogens is 364 g/mol. The fourth-order valence-corrected chi connectivity index (χ4v) is 4.08. The van der Waals surface area contributed by atoms with Gasteiger partial charge in [0.1, 0.15) is 0 Å². The maximum atomic E-state index is 12.7. The van der Waals surface area contributed by atoms with Crippen LogP contribution in [0.2, 0.25) is 0 Å². The zero-order chi connectivity index (χ0) is 18.7. The molecule has 2 N–H and O–H groups in total. The largest absolute Gasteiger partial charge is 0.338 e. The van der Waals surface area contributed by atoms with Gasteiger partial charge in [-0.2, -0.15) is 9.29 Å². The van der Waals surface area contributed by atoms with E-state index in [-0.39, 0.29) is 17.1 Å². The molecule has 1 fully saturated rings. The van der Waals surface area contributed by atoms with Crippen molar-refractivity contribution < 1.29 is 17.9 Å². The monoisotopic (exact) mass is 382 g/mol. The van der Waals surface area contributed by atoms with Crippen molar-refractivity contribution >= 4 is 15.7 Å². The lowest BCUT2D eigenvalue weighted by atomic mass is 10.3. The van der Waals surface area contributed by atoms with E-state index in [1.807, 2.05) is 4.90 Å². The average Bonchev–Trinajstić information content (AvgIpc) is 3.10. The molecule has 0 amide bonds. The summed E-state index contributed by atoms with van der Waals surface area (Å²) in [4.78, 5) is 16.3. The molecule has 0 unspecified atom stereocenters. The van der Waals surface area contributed by atoms with Crippen LogP contribution in [0.1, 0.15) is 11.7 Å². The highest BCUT2D eigenvalue weighted by molar-refractivity contribution is 7.89. The molecule has 26 heavy (non-hydrogen) atoms. The number of rotatable bonds is 6. The van der Waals surface area contributed by atoms with Crippen molar-refractivity contribution in [2.45, 2.75) is 18.0 Å². The van der Waals surface area contributed by atoms with Gasteiger partial charge in [-0.3, -0.25) is 15.0 Å². The number of non-ortho nitro benzene ring substituents is 1. The van der Waals surface area contributed by atoms with E-state index in [4.69, 9.17) is 10.3 Å². The predicted molar refractivity (Wildman–Crippen MR) is 89.3 cm³/mol. The first-order valence-electron chi connectivity index (χ1n) is 7.88. The molecule has 1 aliphatic rings. The third-order valence-corrected chi connectivity index (χ3v) is 5.98. The van der Waals surface area contributed by atoms with Crippen LogP contribution in [0.3, 0.4) is 0 Å². The zero-order valence-corrected chi connectivity index (χ0v) is 14.6. The van der Waals surface area contributed by atoms with Crippen molar-refractivity contribution in [1.82, 2.24) is 19.3 Å². The van der Waals surface area contributed by atoms with E-state index in [1.54, 1.807) is 0 Å². The zero-order valence-electron chi connectivity index (χ0n) is 13.8. The van der Waals surface area contributed by atoms with Gasteiger partial charge in [-0.05, 0) is 12.1 Å². The van der Waals surface area contributed by atoms with Crippen LogP contribution >= 0.6 is 0 Å². The number of benzene rings is 1. The van der Waals surface area contributed by atoms with Gasteiger partial charge in [0.15, 0.2) is 5.82 Å². The summed E-state index contributed by atoms with van der Waals surface area (Å²) >= 11 is 0. The van der Waals surface area contributed by atoms with Gasteiger partial charge in [-0.1, -0.05) is 5.16 Å².